The predicted octanol–water partition coefficient (Wildman–Crippen LogP) is 3.47. The number of thiazole rings is 1. The molecular weight excluding hydrogens is 294 g/mol. The van der Waals surface area contributed by atoms with Crippen molar-refractivity contribution in [3.8, 4) is 11.3 Å². The Hall–Kier alpha value is -1.98. The molecule has 0 radical (unpaired) electrons. The molecule has 2 aromatic heterocycles. The van der Waals surface area contributed by atoms with Crippen molar-refractivity contribution in [1.29, 1.82) is 0 Å². The van der Waals surface area contributed by atoms with Crippen molar-refractivity contribution >= 4 is 22.2 Å². The van der Waals surface area contributed by atoms with Crippen molar-refractivity contribution in [1.82, 2.24) is 15.3 Å². The predicted molar refractivity (Wildman–Crippen MR) is 90.3 cm³/mol. The summed E-state index contributed by atoms with van der Waals surface area (Å²) in [6.45, 7) is 1.05. The molecule has 1 unspecified atom stereocenters. The molecule has 1 fully saturated rings. The minimum atomic E-state index is -0.0767. The average Bonchev–Trinajstić information content (AvgIpc) is 3.05. The van der Waals surface area contributed by atoms with Gasteiger partial charge in [-0.1, -0.05) is 24.6 Å². The summed E-state index contributed by atoms with van der Waals surface area (Å²) < 4.78 is 0. The second kappa shape index (κ2) is 5.66. The summed E-state index contributed by atoms with van der Waals surface area (Å²) in [5.41, 5.74) is 2.21. The smallest absolute Gasteiger partial charge is 0.257 e. The molecule has 0 amide bonds. The van der Waals surface area contributed by atoms with Crippen LogP contribution in [-0.2, 0) is 0 Å². The lowest BCUT2D eigenvalue weighted by Crippen LogP contribution is -2.26. The Morgan fingerprint density at radius 1 is 1.23 bits per heavy atom. The molecule has 5 heteroatoms. The molecular formula is C17H17N3OS. The van der Waals surface area contributed by atoms with Crippen LogP contribution in [-0.4, -0.2) is 16.5 Å². The monoisotopic (exact) mass is 311 g/mol. The zero-order chi connectivity index (χ0) is 14.9. The standard InChI is InChI=1S/C17H17N3OS/c21-16-12(9-11-5-1-2-6-13(11)19-16)15-10-22-17(20-15)14-7-3-4-8-18-14/h1-2,5-6,9-10,14,18H,3-4,7-8H2,(H,19,21). The van der Waals surface area contributed by atoms with Gasteiger partial charge in [0.1, 0.15) is 5.01 Å². The molecule has 112 valence electrons. The third-order valence-corrected chi connectivity index (χ3v) is 5.12. The Morgan fingerprint density at radius 2 is 2.14 bits per heavy atom. The Morgan fingerprint density at radius 3 is 3.00 bits per heavy atom. The van der Waals surface area contributed by atoms with Crippen molar-refractivity contribution in [2.24, 2.45) is 0 Å². The number of para-hydroxylation sites is 1. The second-order valence-electron chi connectivity index (χ2n) is 5.67. The Bertz CT molecular complexity index is 861. The second-order valence-corrected chi connectivity index (χ2v) is 6.56. The highest BCUT2D eigenvalue weighted by atomic mass is 32.1. The van der Waals surface area contributed by atoms with Gasteiger partial charge < -0.3 is 10.3 Å². The first-order chi connectivity index (χ1) is 10.8. The first kappa shape index (κ1) is 13.7. The van der Waals surface area contributed by atoms with Crippen molar-refractivity contribution in [2.75, 3.05) is 6.54 Å². The largest absolute Gasteiger partial charge is 0.321 e. The zero-order valence-corrected chi connectivity index (χ0v) is 13.0. The molecule has 2 N–H and O–H groups in total. The Balaban J connectivity index is 1.74. The van der Waals surface area contributed by atoms with E-state index in [9.17, 15) is 4.79 Å². The minimum Gasteiger partial charge on any atom is -0.321 e. The molecule has 1 saturated heterocycles. The first-order valence-electron chi connectivity index (χ1n) is 7.62. The number of nitrogens with zero attached hydrogens (tertiary/aromatic N) is 1. The van der Waals surface area contributed by atoms with Crippen LogP contribution in [0, 0.1) is 0 Å². The lowest BCUT2D eigenvalue weighted by molar-refractivity contribution is 0.411. The lowest BCUT2D eigenvalue weighted by Gasteiger charge is -2.21. The number of hydrogen-bond acceptors (Lipinski definition) is 4. The molecule has 1 atom stereocenters. The number of pyridine rings is 1. The van der Waals surface area contributed by atoms with E-state index >= 15 is 0 Å². The van der Waals surface area contributed by atoms with Crippen LogP contribution in [0.15, 0.2) is 40.5 Å². The van der Waals surface area contributed by atoms with Crippen LogP contribution in [0.5, 0.6) is 0 Å². The van der Waals surface area contributed by atoms with Crippen LogP contribution in [0.25, 0.3) is 22.2 Å². The fourth-order valence-electron chi connectivity index (χ4n) is 2.97. The highest BCUT2D eigenvalue weighted by Gasteiger charge is 2.19. The number of H-pyrrole nitrogens is 1. The number of aromatic amines is 1. The summed E-state index contributed by atoms with van der Waals surface area (Å²) >= 11 is 1.64. The molecule has 0 bridgehead atoms. The molecule has 1 aliphatic rings. The zero-order valence-electron chi connectivity index (χ0n) is 12.1. The molecule has 4 rings (SSSR count). The number of piperidine rings is 1. The number of hydrogen-bond donors (Lipinski definition) is 2. The lowest BCUT2D eigenvalue weighted by atomic mass is 10.1. The summed E-state index contributed by atoms with van der Waals surface area (Å²) in [6, 6.07) is 10.1. The molecule has 0 aliphatic carbocycles. The minimum absolute atomic E-state index is 0.0767. The molecule has 22 heavy (non-hydrogen) atoms. The highest BCUT2D eigenvalue weighted by Crippen LogP contribution is 2.29. The summed E-state index contributed by atoms with van der Waals surface area (Å²) in [4.78, 5) is 20.0. The van der Waals surface area contributed by atoms with Crippen molar-refractivity contribution in [2.45, 2.75) is 25.3 Å². The molecule has 0 saturated carbocycles. The maximum Gasteiger partial charge on any atom is 0.257 e. The van der Waals surface area contributed by atoms with Crippen LogP contribution in [0.4, 0.5) is 0 Å². The average molecular weight is 311 g/mol. The van der Waals surface area contributed by atoms with E-state index in [0.717, 1.165) is 34.6 Å². The number of aromatic nitrogens is 2. The topological polar surface area (TPSA) is 57.8 Å². The quantitative estimate of drug-likeness (QED) is 0.762. The van der Waals surface area contributed by atoms with E-state index in [1.807, 2.05) is 35.7 Å². The molecule has 3 heterocycles. The summed E-state index contributed by atoms with van der Waals surface area (Å²) in [5, 5.41) is 7.61. The Labute approximate surface area is 132 Å². The van der Waals surface area contributed by atoms with Crippen molar-refractivity contribution < 1.29 is 0 Å². The van der Waals surface area contributed by atoms with Gasteiger partial charge in [-0.2, -0.15) is 0 Å². The van der Waals surface area contributed by atoms with Crippen LogP contribution in [0.3, 0.4) is 0 Å². The van der Waals surface area contributed by atoms with E-state index in [4.69, 9.17) is 4.98 Å². The maximum absolute atomic E-state index is 12.3. The van der Waals surface area contributed by atoms with Gasteiger partial charge in [-0.05, 0) is 36.9 Å². The fourth-order valence-corrected chi connectivity index (χ4v) is 3.90. The van der Waals surface area contributed by atoms with Gasteiger partial charge in [0.15, 0.2) is 0 Å². The van der Waals surface area contributed by atoms with Crippen LogP contribution in [0.1, 0.15) is 30.3 Å². The van der Waals surface area contributed by atoms with E-state index in [0.29, 0.717) is 11.6 Å². The molecule has 0 spiro atoms. The Kier molecular flexibility index (Phi) is 3.52. The van der Waals surface area contributed by atoms with E-state index in [1.54, 1.807) is 11.3 Å². The third kappa shape index (κ3) is 2.46. The molecule has 1 aliphatic heterocycles. The van der Waals surface area contributed by atoms with E-state index in [-0.39, 0.29) is 5.56 Å². The summed E-state index contributed by atoms with van der Waals surface area (Å²) in [7, 11) is 0. The van der Waals surface area contributed by atoms with E-state index in [2.05, 4.69) is 10.3 Å². The van der Waals surface area contributed by atoms with Gasteiger partial charge in [0.25, 0.3) is 5.56 Å². The summed E-state index contributed by atoms with van der Waals surface area (Å²) in [6.07, 6.45) is 3.60. The third-order valence-electron chi connectivity index (χ3n) is 4.16. The fraction of sp³-hybridized carbons (Fsp3) is 0.294. The van der Waals surface area contributed by atoms with Gasteiger partial charge in [-0.15, -0.1) is 11.3 Å². The van der Waals surface area contributed by atoms with Crippen LogP contribution in [0.2, 0.25) is 0 Å². The molecule has 3 aromatic rings. The van der Waals surface area contributed by atoms with Gasteiger partial charge in [-0.3, -0.25) is 4.79 Å². The number of fused-ring (bicyclic) bond motifs is 1. The van der Waals surface area contributed by atoms with Crippen LogP contribution < -0.4 is 10.9 Å². The molecule has 1 aromatic carbocycles. The van der Waals surface area contributed by atoms with Gasteiger partial charge in [0.05, 0.1) is 17.3 Å². The number of rotatable bonds is 2. The normalized spacial score (nSPS) is 18.6. The number of nitrogens with one attached hydrogen (secondary N) is 2. The van der Waals surface area contributed by atoms with Gasteiger partial charge in [-0.25, -0.2) is 4.98 Å². The van der Waals surface area contributed by atoms with Crippen LogP contribution >= 0.6 is 11.3 Å². The van der Waals surface area contributed by atoms with Gasteiger partial charge in [0, 0.05) is 10.9 Å². The first-order valence-corrected chi connectivity index (χ1v) is 8.50. The van der Waals surface area contributed by atoms with Gasteiger partial charge in [0.2, 0.25) is 0 Å². The number of benzene rings is 1. The molecule has 4 nitrogen and oxygen atoms in total. The highest BCUT2D eigenvalue weighted by molar-refractivity contribution is 7.10. The maximum atomic E-state index is 12.3. The van der Waals surface area contributed by atoms with E-state index < -0.39 is 0 Å². The van der Waals surface area contributed by atoms with Crippen molar-refractivity contribution in [3.05, 3.63) is 51.1 Å². The van der Waals surface area contributed by atoms with E-state index in [1.165, 1.54) is 12.8 Å². The summed E-state index contributed by atoms with van der Waals surface area (Å²) in [5.74, 6) is 0. The van der Waals surface area contributed by atoms with Crippen molar-refractivity contribution in [3.63, 3.8) is 0 Å². The van der Waals surface area contributed by atoms with Gasteiger partial charge >= 0.3 is 0 Å². The SMILES string of the molecule is O=c1[nH]c2ccccc2cc1-c1csc(C2CCCCN2)n1.